The second kappa shape index (κ2) is 7.11. The number of rotatable bonds is 1. The lowest BCUT2D eigenvalue weighted by Gasteiger charge is -2.39. The van der Waals surface area contributed by atoms with Crippen molar-refractivity contribution in [3.63, 3.8) is 0 Å². The molecule has 1 aromatic rings. The third kappa shape index (κ3) is 3.21. The fourth-order valence-corrected chi connectivity index (χ4v) is 6.02. The Hall–Kier alpha value is -0.340. The summed E-state index contributed by atoms with van der Waals surface area (Å²) in [6, 6.07) is 4.65. The predicted molar refractivity (Wildman–Crippen MR) is 109 cm³/mol. The molecule has 1 aliphatic carbocycles. The summed E-state index contributed by atoms with van der Waals surface area (Å²) in [6.07, 6.45) is 9.16. The van der Waals surface area contributed by atoms with Gasteiger partial charge in [-0.3, -0.25) is 0 Å². The van der Waals surface area contributed by atoms with Crippen LogP contribution in [0.5, 0.6) is 0 Å². The Labute approximate surface area is 159 Å². The molecule has 3 unspecified atom stereocenters. The number of dihydropyridines is 1. The smallest absolute Gasteiger partial charge is 0.0543 e. The van der Waals surface area contributed by atoms with Gasteiger partial charge in [-0.2, -0.15) is 0 Å². The van der Waals surface area contributed by atoms with Crippen LogP contribution in [0.2, 0.25) is 5.02 Å². The van der Waals surface area contributed by atoms with Crippen LogP contribution in [0.3, 0.4) is 0 Å². The first kappa shape index (κ1) is 17.1. The van der Waals surface area contributed by atoms with E-state index in [1.165, 1.54) is 39.3 Å². The zero-order chi connectivity index (χ0) is 16.7. The highest BCUT2D eigenvalue weighted by Gasteiger charge is 2.38. The van der Waals surface area contributed by atoms with Crippen LogP contribution >= 0.6 is 36.8 Å². The van der Waals surface area contributed by atoms with E-state index in [2.05, 4.69) is 60.2 Å². The van der Waals surface area contributed by atoms with Crippen molar-refractivity contribution < 1.29 is 0 Å². The molecule has 2 N–H and O–H groups in total. The van der Waals surface area contributed by atoms with Crippen LogP contribution in [0, 0.1) is 5.92 Å². The van der Waals surface area contributed by atoms with Crippen LogP contribution in [0.25, 0.3) is 0 Å². The van der Waals surface area contributed by atoms with Gasteiger partial charge >= 0.3 is 0 Å². The van der Waals surface area contributed by atoms with Gasteiger partial charge in [0.25, 0.3) is 0 Å². The Balaban J connectivity index is 1.83. The van der Waals surface area contributed by atoms with E-state index in [4.69, 9.17) is 11.6 Å². The number of allylic oxidation sites excluding steroid dienone is 2. The van der Waals surface area contributed by atoms with E-state index in [1.807, 2.05) is 0 Å². The lowest BCUT2D eigenvalue weighted by molar-refractivity contribution is 0.287. The van der Waals surface area contributed by atoms with E-state index in [9.17, 15) is 0 Å². The molecular formula is C19H23BrClN2P. The monoisotopic (exact) mass is 424 g/mol. The maximum atomic E-state index is 6.36. The van der Waals surface area contributed by atoms with Crippen LogP contribution in [-0.4, -0.2) is 19.1 Å². The molecule has 1 fully saturated rings. The van der Waals surface area contributed by atoms with Crippen LogP contribution in [0.1, 0.15) is 36.3 Å². The van der Waals surface area contributed by atoms with Crippen LogP contribution < -0.4 is 10.6 Å². The summed E-state index contributed by atoms with van der Waals surface area (Å²) in [5, 5.41) is 9.31. The van der Waals surface area contributed by atoms with Crippen LogP contribution in [0.4, 0.5) is 0 Å². The Kier molecular flexibility index (Phi) is 5.07. The lowest BCUT2D eigenvalue weighted by Crippen LogP contribution is -2.41. The lowest BCUT2D eigenvalue weighted by atomic mass is 9.73. The molecule has 0 spiro atoms. The Morgan fingerprint density at radius 3 is 2.75 bits per heavy atom. The van der Waals surface area contributed by atoms with Gasteiger partial charge < -0.3 is 10.6 Å². The van der Waals surface area contributed by atoms with E-state index in [0.29, 0.717) is 17.9 Å². The van der Waals surface area contributed by atoms with Crippen molar-refractivity contribution in [3.05, 3.63) is 55.9 Å². The highest BCUT2D eigenvalue weighted by molar-refractivity contribution is 9.10. The SMILES string of the molecule is PC1=CNC2C(=C1)CCc1cc(Cl)cc(Br)c1C2C1CCNCC1. The largest absolute Gasteiger partial charge is 0.383 e. The molecule has 24 heavy (non-hydrogen) atoms. The molecule has 1 saturated heterocycles. The van der Waals surface area contributed by atoms with Gasteiger partial charge in [-0.25, -0.2) is 0 Å². The molecule has 3 atom stereocenters. The first-order valence-electron chi connectivity index (χ1n) is 8.74. The Morgan fingerprint density at radius 2 is 1.96 bits per heavy atom. The molecule has 0 saturated carbocycles. The maximum Gasteiger partial charge on any atom is 0.0543 e. The number of fused-ring (bicyclic) bond motifs is 2. The highest BCUT2D eigenvalue weighted by atomic mass is 79.9. The third-order valence-electron chi connectivity index (χ3n) is 5.63. The molecule has 128 valence electrons. The Bertz CT molecular complexity index is 710. The zero-order valence-electron chi connectivity index (χ0n) is 13.6. The number of aryl methyl sites for hydroxylation is 1. The van der Waals surface area contributed by atoms with Crippen molar-refractivity contribution in [2.45, 2.75) is 37.6 Å². The summed E-state index contributed by atoms with van der Waals surface area (Å²) in [5.41, 5.74) is 4.43. The summed E-state index contributed by atoms with van der Waals surface area (Å²) in [7, 11) is 2.83. The van der Waals surface area contributed by atoms with Gasteiger partial charge in [-0.05, 0) is 78.8 Å². The first-order valence-corrected chi connectivity index (χ1v) is 10.5. The molecule has 2 heterocycles. The van der Waals surface area contributed by atoms with E-state index >= 15 is 0 Å². The fourth-order valence-electron chi connectivity index (χ4n) is 4.58. The molecule has 0 aromatic heterocycles. The van der Waals surface area contributed by atoms with Crippen LogP contribution in [0.15, 0.2) is 39.8 Å². The molecular weight excluding hydrogens is 403 g/mol. The number of hydrogen-bond acceptors (Lipinski definition) is 2. The van der Waals surface area contributed by atoms with Crippen molar-refractivity contribution in [2.75, 3.05) is 13.1 Å². The average Bonchev–Trinajstić information content (AvgIpc) is 2.72. The molecule has 1 aromatic carbocycles. The van der Waals surface area contributed by atoms with E-state index < -0.39 is 0 Å². The second-order valence-corrected chi connectivity index (χ2v) is 9.04. The summed E-state index contributed by atoms with van der Waals surface area (Å²) in [6.45, 7) is 2.25. The van der Waals surface area contributed by atoms with Gasteiger partial charge in [-0.15, -0.1) is 9.24 Å². The fraction of sp³-hybridized carbons (Fsp3) is 0.474. The van der Waals surface area contributed by atoms with Crippen molar-refractivity contribution in [1.82, 2.24) is 10.6 Å². The topological polar surface area (TPSA) is 24.1 Å². The Morgan fingerprint density at radius 1 is 1.17 bits per heavy atom. The minimum absolute atomic E-state index is 0.399. The van der Waals surface area contributed by atoms with Gasteiger partial charge in [-0.1, -0.05) is 33.6 Å². The molecule has 3 aliphatic rings. The zero-order valence-corrected chi connectivity index (χ0v) is 17.1. The maximum absolute atomic E-state index is 6.36. The number of halogens is 2. The number of hydrogen-bond donors (Lipinski definition) is 2. The molecule has 0 amide bonds. The average molecular weight is 426 g/mol. The molecule has 2 aliphatic heterocycles. The highest BCUT2D eigenvalue weighted by Crippen LogP contribution is 2.46. The summed E-state index contributed by atoms with van der Waals surface area (Å²) >= 11 is 10.2. The number of benzene rings is 1. The van der Waals surface area contributed by atoms with E-state index in [-0.39, 0.29) is 0 Å². The summed E-state index contributed by atoms with van der Waals surface area (Å²) in [4.78, 5) is 0. The summed E-state index contributed by atoms with van der Waals surface area (Å²) < 4.78 is 1.18. The molecule has 4 rings (SSSR count). The number of nitrogens with one attached hydrogen (secondary N) is 2. The minimum atomic E-state index is 0.399. The molecule has 0 radical (unpaired) electrons. The number of piperidine rings is 1. The van der Waals surface area contributed by atoms with Crippen molar-refractivity contribution in [3.8, 4) is 0 Å². The van der Waals surface area contributed by atoms with Crippen molar-refractivity contribution in [2.24, 2.45) is 5.92 Å². The molecule has 2 nitrogen and oxygen atoms in total. The quantitative estimate of drug-likeness (QED) is 0.635. The van der Waals surface area contributed by atoms with E-state index in [1.54, 1.807) is 0 Å². The van der Waals surface area contributed by atoms with Gasteiger partial charge in [0.05, 0.1) is 6.04 Å². The predicted octanol–water partition coefficient (Wildman–Crippen LogP) is 4.75. The molecule has 5 heteroatoms. The van der Waals surface area contributed by atoms with E-state index in [0.717, 1.165) is 31.0 Å². The third-order valence-corrected chi connectivity index (χ3v) is 6.84. The normalized spacial score (nSPS) is 27.3. The van der Waals surface area contributed by atoms with Gasteiger partial charge in [0.2, 0.25) is 0 Å². The van der Waals surface area contributed by atoms with Gasteiger partial charge in [0, 0.05) is 21.6 Å². The standard InChI is InChI=1S/C19H23BrClN2P/c20-16-9-14(21)7-12-1-2-13-8-15(24)10-23-19(13)18(17(12)16)11-3-5-22-6-4-11/h7-11,18-19,22-23H,1-6,24H2. The minimum Gasteiger partial charge on any atom is -0.383 e. The van der Waals surface area contributed by atoms with Gasteiger partial charge in [0.15, 0.2) is 0 Å². The first-order chi connectivity index (χ1) is 11.6. The molecule has 0 bridgehead atoms. The van der Waals surface area contributed by atoms with Gasteiger partial charge in [0.1, 0.15) is 0 Å². The van der Waals surface area contributed by atoms with Crippen molar-refractivity contribution in [1.29, 1.82) is 0 Å². The van der Waals surface area contributed by atoms with Crippen LogP contribution in [-0.2, 0) is 6.42 Å². The second-order valence-electron chi connectivity index (χ2n) is 7.08. The van der Waals surface area contributed by atoms with Crippen molar-refractivity contribution >= 4 is 36.8 Å². The summed E-state index contributed by atoms with van der Waals surface area (Å²) in [5.74, 6) is 1.19.